The predicted octanol–water partition coefficient (Wildman–Crippen LogP) is 7.83. The molecule has 6 nitrogen and oxygen atoms in total. The maximum atomic E-state index is 13.3. The zero-order chi connectivity index (χ0) is 29.8. The number of allylic oxidation sites excluding steroid dienone is 1. The van der Waals surface area contributed by atoms with E-state index in [1.807, 2.05) is 74.5 Å². The highest BCUT2D eigenvalue weighted by atomic mass is 32.2. The average molecular weight is 585 g/mol. The van der Waals surface area contributed by atoms with Gasteiger partial charge in [-0.05, 0) is 81.5 Å². The molecule has 0 spiro atoms. The van der Waals surface area contributed by atoms with Gasteiger partial charge in [0.05, 0.1) is 30.0 Å². The normalized spacial score (nSPS) is 14.4. The van der Waals surface area contributed by atoms with Crippen LogP contribution in [0, 0.1) is 0 Å². The largest absolute Gasteiger partial charge is 0.379 e. The number of rotatable bonds is 14. The molecule has 1 aliphatic heterocycles. The van der Waals surface area contributed by atoms with E-state index in [4.69, 9.17) is 9.57 Å². The topological polar surface area (TPSA) is 68.2 Å². The Balaban J connectivity index is 1.41. The first-order valence-electron chi connectivity index (χ1n) is 14.6. The Bertz CT molecular complexity index is 1350. The smallest absolute Gasteiger partial charge is 0.365 e. The number of benzene rings is 3. The van der Waals surface area contributed by atoms with E-state index in [1.165, 1.54) is 0 Å². The van der Waals surface area contributed by atoms with Gasteiger partial charge >= 0.3 is 5.97 Å². The van der Waals surface area contributed by atoms with Gasteiger partial charge in [-0.1, -0.05) is 71.9 Å². The van der Waals surface area contributed by atoms with Crippen molar-refractivity contribution in [2.45, 2.75) is 61.3 Å². The van der Waals surface area contributed by atoms with Crippen molar-refractivity contribution in [3.8, 4) is 0 Å². The lowest BCUT2D eigenvalue weighted by Gasteiger charge is -2.39. The van der Waals surface area contributed by atoms with Crippen LogP contribution >= 0.6 is 11.8 Å². The second kappa shape index (κ2) is 15.6. The number of carbonyl (C=O) groups excluding carboxylic acids is 2. The standard InChI is InChI=1S/C35H40N2O4S/c1-4-5-6-7-11-14-32(36-41-34(39)29-12-9-8-10-13-29)27-15-19-30(20-16-27)42-31-21-17-28(18-22-31)33(38)35(2,3)37-23-25-40-26-24-37/h4,8-10,12-13,15-22H,1,5-7,11,14,23-26H2,2-3H3/b36-32+. The molecule has 1 aliphatic rings. The summed E-state index contributed by atoms with van der Waals surface area (Å²) in [5, 5.41) is 4.28. The summed E-state index contributed by atoms with van der Waals surface area (Å²) in [6.45, 7) is 10.6. The van der Waals surface area contributed by atoms with E-state index in [-0.39, 0.29) is 5.78 Å². The Kier molecular flexibility index (Phi) is 11.7. The van der Waals surface area contributed by atoms with Gasteiger partial charge in [0, 0.05) is 28.4 Å². The third-order valence-electron chi connectivity index (χ3n) is 7.47. The fourth-order valence-corrected chi connectivity index (χ4v) is 5.69. The highest BCUT2D eigenvalue weighted by Gasteiger charge is 2.35. The number of Topliss-reactive ketones (excluding diaryl/α,β-unsaturated/α-hetero) is 1. The lowest BCUT2D eigenvalue weighted by Crippen LogP contribution is -2.54. The first-order chi connectivity index (χ1) is 20.4. The van der Waals surface area contributed by atoms with Crippen molar-refractivity contribution in [2.24, 2.45) is 5.16 Å². The molecule has 0 aromatic heterocycles. The van der Waals surface area contributed by atoms with Crippen molar-refractivity contribution in [3.05, 3.63) is 108 Å². The summed E-state index contributed by atoms with van der Waals surface area (Å²) in [6, 6.07) is 24.9. The fraction of sp³-hybridized carbons (Fsp3) is 0.343. The second-order valence-electron chi connectivity index (χ2n) is 10.8. The molecule has 1 saturated heterocycles. The SMILES string of the molecule is C=CCCCCC/C(=N\OC(=O)c1ccccc1)c1ccc(Sc2ccc(C(=O)C(C)(C)N3CCOCC3)cc2)cc1. The van der Waals surface area contributed by atoms with E-state index in [0.717, 1.165) is 59.8 Å². The van der Waals surface area contributed by atoms with Crippen molar-refractivity contribution < 1.29 is 19.2 Å². The van der Waals surface area contributed by atoms with Gasteiger partial charge in [-0.15, -0.1) is 6.58 Å². The first-order valence-corrected chi connectivity index (χ1v) is 15.4. The monoisotopic (exact) mass is 584 g/mol. The van der Waals surface area contributed by atoms with Crippen LogP contribution in [-0.2, 0) is 9.57 Å². The number of hydrogen-bond acceptors (Lipinski definition) is 7. The molecule has 0 bridgehead atoms. The zero-order valence-electron chi connectivity index (χ0n) is 24.6. The van der Waals surface area contributed by atoms with Crippen LogP contribution in [0.15, 0.2) is 106 Å². The number of ether oxygens (including phenoxy) is 1. The molecule has 220 valence electrons. The number of carbonyl (C=O) groups is 2. The van der Waals surface area contributed by atoms with Crippen LogP contribution in [0.2, 0.25) is 0 Å². The van der Waals surface area contributed by atoms with Crippen LogP contribution in [0.4, 0.5) is 0 Å². The fourth-order valence-electron chi connectivity index (χ4n) is 4.87. The molecule has 4 rings (SSSR count). The molecular weight excluding hydrogens is 544 g/mol. The summed E-state index contributed by atoms with van der Waals surface area (Å²) >= 11 is 1.63. The summed E-state index contributed by atoms with van der Waals surface area (Å²) in [7, 11) is 0. The van der Waals surface area contributed by atoms with Gasteiger partial charge < -0.3 is 9.57 Å². The summed E-state index contributed by atoms with van der Waals surface area (Å²) in [4.78, 5) is 35.4. The summed E-state index contributed by atoms with van der Waals surface area (Å²) in [6.07, 6.45) is 6.70. The molecule has 0 unspecified atom stereocenters. The van der Waals surface area contributed by atoms with Gasteiger partial charge in [-0.25, -0.2) is 4.79 Å². The summed E-state index contributed by atoms with van der Waals surface area (Å²) in [5.74, 6) is -0.350. The van der Waals surface area contributed by atoms with Gasteiger partial charge in [0.25, 0.3) is 0 Å². The molecule has 3 aromatic rings. The lowest BCUT2D eigenvalue weighted by molar-refractivity contribution is -0.00430. The molecule has 1 heterocycles. The quantitative estimate of drug-likeness (QED) is 0.0480. The summed E-state index contributed by atoms with van der Waals surface area (Å²) < 4.78 is 5.46. The molecule has 1 fully saturated rings. The van der Waals surface area contributed by atoms with Crippen LogP contribution in [0.3, 0.4) is 0 Å². The first kappa shape index (κ1) is 31.4. The molecule has 7 heteroatoms. The predicted molar refractivity (Wildman–Crippen MR) is 169 cm³/mol. The number of ketones is 1. The van der Waals surface area contributed by atoms with E-state index in [0.29, 0.717) is 30.8 Å². The number of nitrogens with zero attached hydrogens (tertiary/aromatic N) is 2. The number of oxime groups is 1. The van der Waals surface area contributed by atoms with Crippen molar-refractivity contribution in [3.63, 3.8) is 0 Å². The number of hydrogen-bond donors (Lipinski definition) is 0. The molecule has 0 radical (unpaired) electrons. The van der Waals surface area contributed by atoms with Crippen molar-refractivity contribution in [1.82, 2.24) is 4.90 Å². The maximum absolute atomic E-state index is 13.3. The van der Waals surface area contributed by atoms with Crippen LogP contribution in [0.1, 0.15) is 72.2 Å². The average Bonchev–Trinajstić information content (AvgIpc) is 3.03. The maximum Gasteiger partial charge on any atom is 0.365 e. The minimum Gasteiger partial charge on any atom is -0.379 e. The molecular formula is C35H40N2O4S. The summed E-state index contributed by atoms with van der Waals surface area (Å²) in [5.41, 5.74) is 2.28. The molecule has 0 N–H and O–H groups in total. The van der Waals surface area contributed by atoms with Gasteiger partial charge in [0.15, 0.2) is 5.78 Å². The van der Waals surface area contributed by atoms with Gasteiger partial charge in [-0.2, -0.15) is 0 Å². The third kappa shape index (κ3) is 8.74. The molecule has 0 aliphatic carbocycles. The van der Waals surface area contributed by atoms with Crippen LogP contribution < -0.4 is 0 Å². The lowest BCUT2D eigenvalue weighted by atomic mass is 9.91. The van der Waals surface area contributed by atoms with Gasteiger partial charge in [0.2, 0.25) is 0 Å². The van der Waals surface area contributed by atoms with Crippen molar-refractivity contribution >= 4 is 29.2 Å². The van der Waals surface area contributed by atoms with E-state index >= 15 is 0 Å². The van der Waals surface area contributed by atoms with E-state index < -0.39 is 11.5 Å². The van der Waals surface area contributed by atoms with E-state index in [2.05, 4.69) is 16.6 Å². The Morgan fingerprint density at radius 1 is 0.881 bits per heavy atom. The van der Waals surface area contributed by atoms with Crippen molar-refractivity contribution in [2.75, 3.05) is 26.3 Å². The number of morpholine rings is 1. The highest BCUT2D eigenvalue weighted by molar-refractivity contribution is 7.99. The van der Waals surface area contributed by atoms with Crippen LogP contribution in [0.25, 0.3) is 0 Å². The van der Waals surface area contributed by atoms with E-state index in [9.17, 15) is 9.59 Å². The minimum atomic E-state index is -0.575. The third-order valence-corrected chi connectivity index (χ3v) is 8.48. The Morgan fingerprint density at radius 2 is 1.50 bits per heavy atom. The Labute approximate surface area is 253 Å². The second-order valence-corrected chi connectivity index (χ2v) is 12.0. The molecule has 0 saturated carbocycles. The zero-order valence-corrected chi connectivity index (χ0v) is 25.4. The molecule has 0 amide bonds. The highest BCUT2D eigenvalue weighted by Crippen LogP contribution is 2.30. The van der Waals surface area contributed by atoms with Crippen molar-refractivity contribution in [1.29, 1.82) is 0 Å². The molecule has 42 heavy (non-hydrogen) atoms. The van der Waals surface area contributed by atoms with Gasteiger partial charge in [-0.3, -0.25) is 9.69 Å². The number of unbranched alkanes of at least 4 members (excludes halogenated alkanes) is 3. The molecule has 0 atom stereocenters. The van der Waals surface area contributed by atoms with E-state index in [1.54, 1.807) is 36.0 Å². The minimum absolute atomic E-state index is 0.120. The van der Waals surface area contributed by atoms with Crippen LogP contribution in [-0.4, -0.2) is 54.2 Å². The Hall–Kier alpha value is -3.52. The molecule has 3 aromatic carbocycles. The Morgan fingerprint density at radius 3 is 2.12 bits per heavy atom. The van der Waals surface area contributed by atoms with Crippen LogP contribution in [0.5, 0.6) is 0 Å². The van der Waals surface area contributed by atoms with Gasteiger partial charge in [0.1, 0.15) is 0 Å².